The third-order valence-corrected chi connectivity index (χ3v) is 6.47. The fraction of sp³-hybridized carbons (Fsp3) is 0.522. The predicted octanol–water partition coefficient (Wildman–Crippen LogP) is 5.43. The van der Waals surface area contributed by atoms with Crippen LogP contribution in [-0.4, -0.2) is 35.5 Å². The molecule has 2 aromatic rings. The molecule has 0 atom stereocenters. The molecule has 1 aromatic carbocycles. The van der Waals surface area contributed by atoms with Crippen molar-refractivity contribution >= 4 is 35.1 Å². The Balaban J connectivity index is 1.55. The van der Waals surface area contributed by atoms with E-state index in [-0.39, 0.29) is 5.91 Å². The number of carbonyl (C=O) groups is 1. The van der Waals surface area contributed by atoms with Crippen molar-refractivity contribution in [3.63, 3.8) is 0 Å². The summed E-state index contributed by atoms with van der Waals surface area (Å²) in [6, 6.07) is 9.58. The largest absolute Gasteiger partial charge is 0.356 e. The average Bonchev–Trinajstić information content (AvgIpc) is 2.72. The molecule has 7 heteroatoms. The first-order chi connectivity index (χ1) is 14.4. The van der Waals surface area contributed by atoms with Crippen molar-refractivity contribution in [3.05, 3.63) is 46.6 Å². The Bertz CT molecular complexity index is 836. The topological polar surface area (TPSA) is 58.1 Å². The Morgan fingerprint density at radius 3 is 2.60 bits per heavy atom. The van der Waals surface area contributed by atoms with E-state index < -0.39 is 0 Å². The highest BCUT2D eigenvalue weighted by Crippen LogP contribution is 2.27. The van der Waals surface area contributed by atoms with E-state index in [1.807, 2.05) is 30.3 Å². The summed E-state index contributed by atoms with van der Waals surface area (Å²) in [5.74, 6) is 2.97. The maximum Gasteiger partial charge on any atom is 0.251 e. The van der Waals surface area contributed by atoms with Gasteiger partial charge in [-0.3, -0.25) is 4.79 Å². The Hall–Kier alpha value is -1.79. The molecule has 1 aromatic heterocycles. The molecule has 0 bridgehead atoms. The van der Waals surface area contributed by atoms with Crippen LogP contribution in [-0.2, 0) is 5.75 Å². The number of anilines is 1. The fourth-order valence-electron chi connectivity index (χ4n) is 3.33. The molecule has 162 valence electrons. The van der Waals surface area contributed by atoms with Gasteiger partial charge < -0.3 is 10.2 Å². The minimum absolute atomic E-state index is 0.0199. The summed E-state index contributed by atoms with van der Waals surface area (Å²) in [7, 11) is 0. The maximum atomic E-state index is 12.2. The molecule has 1 saturated heterocycles. The number of hydrogen-bond acceptors (Lipinski definition) is 5. The minimum Gasteiger partial charge on any atom is -0.356 e. The number of nitrogens with zero attached hydrogens (tertiary/aromatic N) is 3. The number of amides is 1. The molecule has 1 aliphatic rings. The standard InChI is InChI=1S/C23H31ClN4OS/c1-16(2)8-11-25-22(29)19-6-4-18(5-7-19)15-30-23-26-20(24)14-21(27-23)28-12-9-17(3)10-13-28/h4-7,14,16-17H,8-13,15H2,1-3H3,(H,25,29). The van der Waals surface area contributed by atoms with Crippen LogP contribution in [0.5, 0.6) is 0 Å². The van der Waals surface area contributed by atoms with Crippen LogP contribution >= 0.6 is 23.4 Å². The number of hydrogen-bond donors (Lipinski definition) is 1. The number of aromatic nitrogens is 2. The summed E-state index contributed by atoms with van der Waals surface area (Å²) in [5, 5.41) is 4.14. The lowest BCUT2D eigenvalue weighted by Gasteiger charge is -2.31. The van der Waals surface area contributed by atoms with Gasteiger partial charge in [-0.2, -0.15) is 0 Å². The van der Waals surface area contributed by atoms with Crippen molar-refractivity contribution in [1.82, 2.24) is 15.3 Å². The molecule has 2 heterocycles. The fourth-order valence-corrected chi connectivity index (χ4v) is 4.36. The molecule has 1 fully saturated rings. The van der Waals surface area contributed by atoms with Crippen LogP contribution in [0.25, 0.3) is 0 Å². The predicted molar refractivity (Wildman–Crippen MR) is 125 cm³/mol. The molecule has 0 aliphatic carbocycles. The second kappa shape index (κ2) is 11.0. The summed E-state index contributed by atoms with van der Waals surface area (Å²) in [6.07, 6.45) is 3.35. The average molecular weight is 447 g/mol. The molecular weight excluding hydrogens is 416 g/mol. The number of halogens is 1. The molecule has 0 radical (unpaired) electrons. The number of benzene rings is 1. The van der Waals surface area contributed by atoms with Gasteiger partial charge in [0.05, 0.1) is 0 Å². The molecule has 0 spiro atoms. The van der Waals surface area contributed by atoms with Crippen molar-refractivity contribution in [2.24, 2.45) is 11.8 Å². The van der Waals surface area contributed by atoms with Gasteiger partial charge >= 0.3 is 0 Å². The smallest absolute Gasteiger partial charge is 0.251 e. The first-order valence-corrected chi connectivity index (χ1v) is 12.1. The third kappa shape index (κ3) is 6.88. The Kier molecular flexibility index (Phi) is 8.40. The highest BCUT2D eigenvalue weighted by molar-refractivity contribution is 7.98. The number of nitrogens with one attached hydrogen (secondary N) is 1. The quantitative estimate of drug-likeness (QED) is 0.332. The highest BCUT2D eigenvalue weighted by Gasteiger charge is 2.18. The van der Waals surface area contributed by atoms with Gasteiger partial charge in [-0.25, -0.2) is 9.97 Å². The van der Waals surface area contributed by atoms with Crippen LogP contribution in [0.3, 0.4) is 0 Å². The molecule has 1 amide bonds. The molecular formula is C23H31ClN4OS. The summed E-state index contributed by atoms with van der Waals surface area (Å²) >= 11 is 7.82. The Morgan fingerprint density at radius 2 is 1.93 bits per heavy atom. The van der Waals surface area contributed by atoms with Gasteiger partial charge in [0.15, 0.2) is 5.16 Å². The summed E-state index contributed by atoms with van der Waals surface area (Å²) in [4.78, 5) is 23.6. The van der Waals surface area contributed by atoms with E-state index in [0.29, 0.717) is 28.3 Å². The molecule has 1 N–H and O–H groups in total. The van der Waals surface area contributed by atoms with Gasteiger partial charge in [-0.1, -0.05) is 56.3 Å². The van der Waals surface area contributed by atoms with E-state index in [4.69, 9.17) is 16.6 Å². The second-order valence-corrected chi connectivity index (χ2v) is 9.75. The van der Waals surface area contributed by atoms with E-state index in [9.17, 15) is 4.79 Å². The van der Waals surface area contributed by atoms with Crippen LogP contribution in [0, 0.1) is 11.8 Å². The Labute approximate surface area is 189 Å². The summed E-state index contributed by atoms with van der Waals surface area (Å²) in [5.41, 5.74) is 1.81. The molecule has 5 nitrogen and oxygen atoms in total. The van der Waals surface area contributed by atoms with Crippen LogP contribution in [0.1, 0.15) is 56.0 Å². The molecule has 30 heavy (non-hydrogen) atoms. The van der Waals surface area contributed by atoms with Crippen LogP contribution in [0.2, 0.25) is 5.15 Å². The van der Waals surface area contributed by atoms with E-state index >= 15 is 0 Å². The zero-order chi connectivity index (χ0) is 21.5. The number of piperidine rings is 1. The van der Waals surface area contributed by atoms with Crippen molar-refractivity contribution in [2.75, 3.05) is 24.5 Å². The lowest BCUT2D eigenvalue weighted by molar-refractivity contribution is 0.0952. The maximum absolute atomic E-state index is 12.2. The van der Waals surface area contributed by atoms with Gasteiger partial charge in [0.1, 0.15) is 11.0 Å². The van der Waals surface area contributed by atoms with Gasteiger partial charge in [-0.05, 0) is 48.8 Å². The van der Waals surface area contributed by atoms with E-state index in [1.165, 1.54) is 12.8 Å². The first-order valence-electron chi connectivity index (χ1n) is 10.7. The zero-order valence-corrected chi connectivity index (χ0v) is 19.6. The Morgan fingerprint density at radius 1 is 1.23 bits per heavy atom. The van der Waals surface area contributed by atoms with E-state index in [2.05, 4.69) is 36.0 Å². The first kappa shape index (κ1) is 22.9. The lowest BCUT2D eigenvalue weighted by Crippen LogP contribution is -2.33. The second-order valence-electron chi connectivity index (χ2n) is 8.43. The van der Waals surface area contributed by atoms with Gasteiger partial charge in [0.2, 0.25) is 0 Å². The molecule has 1 aliphatic heterocycles. The van der Waals surface area contributed by atoms with Gasteiger partial charge in [-0.15, -0.1) is 0 Å². The SMILES string of the molecule is CC(C)CCNC(=O)c1ccc(CSc2nc(Cl)cc(N3CCC(C)CC3)n2)cc1. The van der Waals surface area contributed by atoms with E-state index in [1.54, 1.807) is 11.8 Å². The minimum atomic E-state index is -0.0199. The lowest BCUT2D eigenvalue weighted by atomic mass is 9.99. The number of carbonyl (C=O) groups excluding carboxylic acids is 1. The third-order valence-electron chi connectivity index (χ3n) is 5.36. The van der Waals surface area contributed by atoms with E-state index in [0.717, 1.165) is 42.6 Å². The van der Waals surface area contributed by atoms with Gasteiger partial charge in [0.25, 0.3) is 5.91 Å². The number of thioether (sulfide) groups is 1. The van der Waals surface area contributed by atoms with Crippen molar-refractivity contribution < 1.29 is 4.79 Å². The van der Waals surface area contributed by atoms with Crippen LogP contribution in [0.4, 0.5) is 5.82 Å². The van der Waals surface area contributed by atoms with Crippen molar-refractivity contribution in [3.8, 4) is 0 Å². The molecule has 0 saturated carbocycles. The van der Waals surface area contributed by atoms with Crippen LogP contribution < -0.4 is 10.2 Å². The van der Waals surface area contributed by atoms with Crippen molar-refractivity contribution in [1.29, 1.82) is 0 Å². The molecule has 0 unspecified atom stereocenters. The zero-order valence-electron chi connectivity index (χ0n) is 18.0. The van der Waals surface area contributed by atoms with Gasteiger partial charge in [0, 0.05) is 37.0 Å². The summed E-state index contributed by atoms with van der Waals surface area (Å²) in [6.45, 7) is 9.33. The normalized spacial score (nSPS) is 14.9. The molecule has 3 rings (SSSR count). The monoisotopic (exact) mass is 446 g/mol. The van der Waals surface area contributed by atoms with Crippen molar-refractivity contribution in [2.45, 2.75) is 50.9 Å². The van der Waals surface area contributed by atoms with Crippen LogP contribution in [0.15, 0.2) is 35.5 Å². The highest BCUT2D eigenvalue weighted by atomic mass is 35.5. The summed E-state index contributed by atoms with van der Waals surface area (Å²) < 4.78 is 0. The number of rotatable bonds is 8.